The molecule has 0 bridgehead atoms. The predicted molar refractivity (Wildman–Crippen MR) is 75.0 cm³/mol. The molecule has 1 saturated heterocycles. The van der Waals surface area contributed by atoms with Gasteiger partial charge >= 0.3 is 0 Å². The van der Waals surface area contributed by atoms with Crippen LogP contribution < -0.4 is 5.32 Å². The van der Waals surface area contributed by atoms with Crippen LogP contribution in [0.5, 0.6) is 0 Å². The van der Waals surface area contributed by atoms with Gasteiger partial charge in [0.05, 0.1) is 10.9 Å². The molecule has 0 spiro atoms. The molecule has 2 rings (SSSR count). The lowest BCUT2D eigenvalue weighted by Crippen LogP contribution is -2.28. The van der Waals surface area contributed by atoms with Gasteiger partial charge in [0.25, 0.3) is 0 Å². The molecule has 0 aromatic heterocycles. The number of carbonyl (C=O) groups excluding carboxylic acids is 2. The topological polar surface area (TPSA) is 49.4 Å². The van der Waals surface area contributed by atoms with Crippen molar-refractivity contribution in [2.24, 2.45) is 5.92 Å². The van der Waals surface area contributed by atoms with Crippen LogP contribution in [-0.4, -0.2) is 29.8 Å². The normalized spacial score (nSPS) is 18.4. The van der Waals surface area contributed by atoms with Gasteiger partial charge in [0, 0.05) is 25.2 Å². The van der Waals surface area contributed by atoms with Gasteiger partial charge in [-0.3, -0.25) is 9.59 Å². The Balaban J connectivity index is 1.98. The minimum Gasteiger partial charge on any atom is -0.342 e. The molecule has 1 atom stereocenters. The van der Waals surface area contributed by atoms with Crippen LogP contribution in [0.25, 0.3) is 0 Å². The molecular formula is C14H16ClFN2O2. The Hall–Kier alpha value is -1.62. The van der Waals surface area contributed by atoms with E-state index in [9.17, 15) is 14.0 Å². The summed E-state index contributed by atoms with van der Waals surface area (Å²) in [4.78, 5) is 25.5. The molecule has 1 aromatic rings. The maximum Gasteiger partial charge on any atom is 0.229 e. The number of halogens is 2. The van der Waals surface area contributed by atoms with Crippen molar-refractivity contribution >= 4 is 29.1 Å². The van der Waals surface area contributed by atoms with Gasteiger partial charge < -0.3 is 10.2 Å². The van der Waals surface area contributed by atoms with Crippen LogP contribution in [0.2, 0.25) is 5.02 Å². The van der Waals surface area contributed by atoms with E-state index >= 15 is 0 Å². The Kier molecular flexibility index (Phi) is 4.60. The van der Waals surface area contributed by atoms with E-state index in [1.54, 1.807) is 4.90 Å². The van der Waals surface area contributed by atoms with Crippen molar-refractivity contribution < 1.29 is 14.0 Å². The van der Waals surface area contributed by atoms with Crippen LogP contribution in [0.15, 0.2) is 18.2 Å². The fraction of sp³-hybridized carbons (Fsp3) is 0.429. The van der Waals surface area contributed by atoms with Crippen molar-refractivity contribution in [2.45, 2.75) is 19.8 Å². The highest BCUT2D eigenvalue weighted by atomic mass is 35.5. The van der Waals surface area contributed by atoms with E-state index in [1.807, 2.05) is 6.92 Å². The molecule has 1 N–H and O–H groups in total. The van der Waals surface area contributed by atoms with Crippen LogP contribution in [-0.2, 0) is 9.59 Å². The summed E-state index contributed by atoms with van der Waals surface area (Å²) in [7, 11) is 0. The highest BCUT2D eigenvalue weighted by molar-refractivity contribution is 6.31. The molecule has 1 heterocycles. The van der Waals surface area contributed by atoms with Crippen molar-refractivity contribution in [3.63, 3.8) is 0 Å². The Morgan fingerprint density at radius 1 is 1.55 bits per heavy atom. The summed E-state index contributed by atoms with van der Waals surface area (Å²) in [5.74, 6) is -1.13. The van der Waals surface area contributed by atoms with E-state index < -0.39 is 5.82 Å². The summed E-state index contributed by atoms with van der Waals surface area (Å²) in [5, 5.41) is 2.62. The fourth-order valence-electron chi connectivity index (χ4n) is 2.25. The van der Waals surface area contributed by atoms with Crippen LogP contribution >= 0.6 is 11.6 Å². The number of benzene rings is 1. The third-order valence-electron chi connectivity index (χ3n) is 3.27. The number of rotatable bonds is 4. The largest absolute Gasteiger partial charge is 0.342 e. The van der Waals surface area contributed by atoms with E-state index in [4.69, 9.17) is 11.6 Å². The number of anilines is 1. The second kappa shape index (κ2) is 6.22. The number of hydrogen-bond acceptors (Lipinski definition) is 2. The predicted octanol–water partition coefficient (Wildman–Crippen LogP) is 2.68. The summed E-state index contributed by atoms with van der Waals surface area (Å²) < 4.78 is 13.0. The first-order valence-electron chi connectivity index (χ1n) is 6.55. The minimum absolute atomic E-state index is 0.00383. The van der Waals surface area contributed by atoms with Gasteiger partial charge in [-0.1, -0.05) is 18.5 Å². The van der Waals surface area contributed by atoms with Crippen LogP contribution in [0.3, 0.4) is 0 Å². The summed E-state index contributed by atoms with van der Waals surface area (Å²) >= 11 is 5.66. The number of carbonyl (C=O) groups is 2. The van der Waals surface area contributed by atoms with Crippen LogP contribution in [0.4, 0.5) is 10.1 Å². The summed E-state index contributed by atoms with van der Waals surface area (Å²) in [5.41, 5.74) is 0.433. The first kappa shape index (κ1) is 14.8. The van der Waals surface area contributed by atoms with Gasteiger partial charge in [-0.25, -0.2) is 4.39 Å². The molecule has 0 radical (unpaired) electrons. The van der Waals surface area contributed by atoms with E-state index in [0.29, 0.717) is 18.8 Å². The number of nitrogens with one attached hydrogen (secondary N) is 1. The zero-order valence-electron chi connectivity index (χ0n) is 11.2. The van der Waals surface area contributed by atoms with Crippen molar-refractivity contribution in [1.82, 2.24) is 4.90 Å². The number of likely N-dealkylation sites (tertiary alicyclic amines) is 1. The molecule has 20 heavy (non-hydrogen) atoms. The molecule has 6 heteroatoms. The second-order valence-corrected chi connectivity index (χ2v) is 5.27. The average Bonchev–Trinajstić information content (AvgIpc) is 2.76. The number of hydrogen-bond donors (Lipinski definition) is 1. The zero-order chi connectivity index (χ0) is 14.7. The molecule has 1 aromatic carbocycles. The first-order chi connectivity index (χ1) is 9.51. The molecule has 1 fully saturated rings. The van der Waals surface area contributed by atoms with Gasteiger partial charge in [-0.2, -0.15) is 0 Å². The summed E-state index contributed by atoms with van der Waals surface area (Å²) in [6.07, 6.45) is 1.09. The smallest absolute Gasteiger partial charge is 0.229 e. The fourth-order valence-corrected chi connectivity index (χ4v) is 2.43. The van der Waals surface area contributed by atoms with E-state index in [-0.39, 0.29) is 29.2 Å². The van der Waals surface area contributed by atoms with Gasteiger partial charge in [-0.15, -0.1) is 0 Å². The monoisotopic (exact) mass is 298 g/mol. The lowest BCUT2D eigenvalue weighted by Gasteiger charge is -2.15. The Morgan fingerprint density at radius 3 is 2.95 bits per heavy atom. The lowest BCUT2D eigenvalue weighted by molar-refractivity contribution is -0.128. The van der Waals surface area contributed by atoms with Crippen molar-refractivity contribution in [3.8, 4) is 0 Å². The molecule has 1 aliphatic heterocycles. The maximum atomic E-state index is 13.0. The molecule has 0 saturated carbocycles. The third-order valence-corrected chi connectivity index (χ3v) is 3.56. The van der Waals surface area contributed by atoms with E-state index in [2.05, 4.69) is 5.32 Å². The quantitative estimate of drug-likeness (QED) is 0.929. The average molecular weight is 299 g/mol. The maximum absolute atomic E-state index is 13.0. The molecule has 1 unspecified atom stereocenters. The lowest BCUT2D eigenvalue weighted by atomic mass is 10.1. The molecule has 4 nitrogen and oxygen atoms in total. The summed E-state index contributed by atoms with van der Waals surface area (Å²) in [6.45, 7) is 3.10. The second-order valence-electron chi connectivity index (χ2n) is 4.86. The van der Waals surface area contributed by atoms with E-state index in [0.717, 1.165) is 6.42 Å². The molecule has 108 valence electrons. The third kappa shape index (κ3) is 3.28. The van der Waals surface area contributed by atoms with Crippen molar-refractivity contribution in [2.75, 3.05) is 18.4 Å². The zero-order valence-corrected chi connectivity index (χ0v) is 11.9. The van der Waals surface area contributed by atoms with E-state index in [1.165, 1.54) is 18.2 Å². The molecule has 0 aliphatic carbocycles. The van der Waals surface area contributed by atoms with Crippen molar-refractivity contribution in [3.05, 3.63) is 29.0 Å². The van der Waals surface area contributed by atoms with Gasteiger partial charge in [0.2, 0.25) is 11.8 Å². The first-order valence-corrected chi connectivity index (χ1v) is 6.92. The van der Waals surface area contributed by atoms with Crippen molar-refractivity contribution in [1.29, 1.82) is 0 Å². The Morgan fingerprint density at radius 2 is 2.30 bits per heavy atom. The molecular weight excluding hydrogens is 283 g/mol. The van der Waals surface area contributed by atoms with Gasteiger partial charge in [0.1, 0.15) is 5.82 Å². The Labute approximate surface area is 121 Å². The standard InChI is InChI=1S/C14H16ClFN2O2/c1-2-5-18-8-9(6-13(18)19)14(20)17-10-3-4-12(16)11(15)7-10/h3-4,7,9H,2,5-6,8H2,1H3,(H,17,20). The number of amides is 2. The van der Waals surface area contributed by atoms with Crippen LogP contribution in [0.1, 0.15) is 19.8 Å². The minimum atomic E-state index is -0.533. The number of nitrogens with zero attached hydrogens (tertiary/aromatic N) is 1. The SMILES string of the molecule is CCCN1CC(C(=O)Nc2ccc(F)c(Cl)c2)CC1=O. The van der Waals surface area contributed by atoms with Crippen LogP contribution in [0, 0.1) is 11.7 Å². The Bertz CT molecular complexity index is 536. The molecule has 2 amide bonds. The van der Waals surface area contributed by atoms with Gasteiger partial charge in [0.15, 0.2) is 0 Å². The highest BCUT2D eigenvalue weighted by Crippen LogP contribution is 2.22. The highest BCUT2D eigenvalue weighted by Gasteiger charge is 2.33. The molecule has 1 aliphatic rings. The summed E-state index contributed by atoms with van der Waals surface area (Å²) in [6, 6.07) is 4.00. The van der Waals surface area contributed by atoms with Gasteiger partial charge in [-0.05, 0) is 24.6 Å².